The lowest BCUT2D eigenvalue weighted by Crippen LogP contribution is -2.30. The van der Waals surface area contributed by atoms with E-state index in [0.717, 1.165) is 5.52 Å². The number of carboxylic acid groups (broad SMARTS) is 1. The van der Waals surface area contributed by atoms with E-state index in [9.17, 15) is 9.59 Å². The lowest BCUT2D eigenvalue weighted by molar-refractivity contribution is 0.0697. The Morgan fingerprint density at radius 1 is 1.40 bits per heavy atom. The minimum Gasteiger partial charge on any atom is -0.478 e. The number of aromatic amines is 1. The number of imidazole rings is 1. The van der Waals surface area contributed by atoms with Crippen molar-refractivity contribution in [2.45, 2.75) is 34.2 Å². The zero-order chi connectivity index (χ0) is 15.1. The van der Waals surface area contributed by atoms with E-state index < -0.39 is 5.97 Å². The smallest absolute Gasteiger partial charge is 0.335 e. The topological polar surface area (TPSA) is 75.1 Å². The van der Waals surface area contributed by atoms with Gasteiger partial charge in [-0.25, -0.2) is 9.59 Å². The number of fused-ring (bicyclic) bond motifs is 1. The van der Waals surface area contributed by atoms with Crippen LogP contribution < -0.4 is 5.69 Å². The van der Waals surface area contributed by atoms with Gasteiger partial charge < -0.3 is 10.1 Å². The molecular weight excluding hydrogens is 256 g/mol. The van der Waals surface area contributed by atoms with Crippen LogP contribution in [0.4, 0.5) is 0 Å². The first-order chi connectivity index (χ1) is 9.22. The summed E-state index contributed by atoms with van der Waals surface area (Å²) in [7, 11) is 0. The molecule has 0 fully saturated rings. The maximum Gasteiger partial charge on any atom is 0.335 e. The molecule has 0 aliphatic heterocycles. The van der Waals surface area contributed by atoms with Gasteiger partial charge in [0.25, 0.3) is 0 Å². The number of benzene rings is 1. The van der Waals surface area contributed by atoms with Crippen LogP contribution in [0.3, 0.4) is 0 Å². The minimum absolute atomic E-state index is 0.0234. The molecule has 5 heteroatoms. The van der Waals surface area contributed by atoms with Crippen molar-refractivity contribution in [2.24, 2.45) is 11.3 Å². The van der Waals surface area contributed by atoms with Crippen LogP contribution in [0.15, 0.2) is 23.0 Å². The summed E-state index contributed by atoms with van der Waals surface area (Å²) in [4.78, 5) is 25.8. The number of nitrogens with one attached hydrogen (secondary N) is 1. The Morgan fingerprint density at radius 3 is 2.60 bits per heavy atom. The number of carbonyl (C=O) groups is 1. The second-order valence-electron chi connectivity index (χ2n) is 6.20. The molecule has 0 spiro atoms. The number of nitrogens with zero attached hydrogens (tertiary/aromatic N) is 1. The highest BCUT2D eigenvalue weighted by Crippen LogP contribution is 2.28. The third kappa shape index (κ3) is 2.48. The largest absolute Gasteiger partial charge is 0.478 e. The zero-order valence-corrected chi connectivity index (χ0v) is 12.2. The standard InChI is InChI=1S/C15H20N2O3/c1-9(2)15(3,4)8-17-12-6-5-10(13(18)19)7-11(12)16-14(17)20/h5-7,9H,8H2,1-4H3,(H,16,20)(H,18,19). The van der Waals surface area contributed by atoms with Gasteiger partial charge in [-0.1, -0.05) is 27.7 Å². The first-order valence-electron chi connectivity index (χ1n) is 6.68. The summed E-state index contributed by atoms with van der Waals surface area (Å²) in [5.41, 5.74) is 1.26. The van der Waals surface area contributed by atoms with Crippen LogP contribution in [0.1, 0.15) is 38.1 Å². The third-order valence-corrected chi connectivity index (χ3v) is 4.15. The highest BCUT2D eigenvalue weighted by molar-refractivity contribution is 5.92. The third-order valence-electron chi connectivity index (χ3n) is 4.15. The maximum absolute atomic E-state index is 12.1. The van der Waals surface area contributed by atoms with E-state index in [1.165, 1.54) is 12.1 Å². The average molecular weight is 276 g/mol. The van der Waals surface area contributed by atoms with Crippen molar-refractivity contribution in [3.8, 4) is 0 Å². The van der Waals surface area contributed by atoms with Gasteiger partial charge in [-0.15, -0.1) is 0 Å². The summed E-state index contributed by atoms with van der Waals surface area (Å²) in [6.07, 6.45) is 0. The van der Waals surface area contributed by atoms with Gasteiger partial charge in [0.2, 0.25) is 0 Å². The van der Waals surface area contributed by atoms with Gasteiger partial charge in [0.15, 0.2) is 0 Å². The molecule has 0 bridgehead atoms. The normalized spacial score (nSPS) is 12.2. The number of hydrogen-bond acceptors (Lipinski definition) is 2. The van der Waals surface area contributed by atoms with Gasteiger partial charge in [-0.05, 0) is 29.5 Å². The van der Waals surface area contributed by atoms with Crippen molar-refractivity contribution in [3.63, 3.8) is 0 Å². The average Bonchev–Trinajstić information content (AvgIpc) is 2.64. The number of carboxylic acids is 1. The molecule has 0 atom stereocenters. The lowest BCUT2D eigenvalue weighted by Gasteiger charge is -2.29. The summed E-state index contributed by atoms with van der Waals surface area (Å²) < 4.78 is 1.68. The van der Waals surface area contributed by atoms with Crippen LogP contribution >= 0.6 is 0 Å². The van der Waals surface area contributed by atoms with Crippen molar-refractivity contribution in [3.05, 3.63) is 34.2 Å². The van der Waals surface area contributed by atoms with Crippen molar-refractivity contribution in [1.82, 2.24) is 9.55 Å². The molecule has 0 saturated heterocycles. The Labute approximate surface area is 117 Å². The highest BCUT2D eigenvalue weighted by atomic mass is 16.4. The molecule has 0 amide bonds. The molecule has 0 unspecified atom stereocenters. The molecular formula is C15H20N2O3. The van der Waals surface area contributed by atoms with E-state index >= 15 is 0 Å². The van der Waals surface area contributed by atoms with Crippen LogP contribution in [-0.4, -0.2) is 20.6 Å². The van der Waals surface area contributed by atoms with E-state index in [0.29, 0.717) is 18.0 Å². The molecule has 2 aromatic rings. The molecule has 108 valence electrons. The Hall–Kier alpha value is -2.04. The van der Waals surface area contributed by atoms with E-state index in [2.05, 4.69) is 32.7 Å². The van der Waals surface area contributed by atoms with E-state index in [1.54, 1.807) is 10.6 Å². The predicted molar refractivity (Wildman–Crippen MR) is 78.1 cm³/mol. The van der Waals surface area contributed by atoms with E-state index in [1.807, 2.05) is 0 Å². The molecule has 0 saturated carbocycles. The van der Waals surface area contributed by atoms with Gasteiger partial charge in [0.1, 0.15) is 0 Å². The van der Waals surface area contributed by atoms with Gasteiger partial charge >= 0.3 is 11.7 Å². The van der Waals surface area contributed by atoms with Crippen molar-refractivity contribution < 1.29 is 9.90 Å². The summed E-state index contributed by atoms with van der Waals surface area (Å²) in [5, 5.41) is 8.98. The Bertz CT molecular complexity index is 707. The predicted octanol–water partition coefficient (Wildman–Crippen LogP) is 2.71. The van der Waals surface area contributed by atoms with Gasteiger partial charge in [0.05, 0.1) is 16.6 Å². The SMILES string of the molecule is CC(C)C(C)(C)Cn1c(=O)[nH]c2cc(C(=O)O)ccc21. The molecule has 1 aromatic heterocycles. The summed E-state index contributed by atoms with van der Waals surface area (Å²) >= 11 is 0. The number of hydrogen-bond donors (Lipinski definition) is 2. The molecule has 20 heavy (non-hydrogen) atoms. The molecule has 1 aromatic carbocycles. The van der Waals surface area contributed by atoms with Crippen LogP contribution in [0.2, 0.25) is 0 Å². The second kappa shape index (κ2) is 4.81. The van der Waals surface area contributed by atoms with Crippen molar-refractivity contribution in [1.29, 1.82) is 0 Å². The van der Waals surface area contributed by atoms with Crippen LogP contribution in [-0.2, 0) is 6.54 Å². The summed E-state index contributed by atoms with van der Waals surface area (Å²) in [6, 6.07) is 4.71. The fourth-order valence-electron chi connectivity index (χ4n) is 2.04. The molecule has 2 N–H and O–H groups in total. The molecule has 5 nitrogen and oxygen atoms in total. The van der Waals surface area contributed by atoms with Crippen molar-refractivity contribution >= 4 is 17.0 Å². The number of H-pyrrole nitrogens is 1. The van der Waals surface area contributed by atoms with Gasteiger partial charge in [-0.2, -0.15) is 0 Å². The Morgan fingerprint density at radius 2 is 2.05 bits per heavy atom. The highest BCUT2D eigenvalue weighted by Gasteiger charge is 2.24. The molecule has 2 rings (SSSR count). The fraction of sp³-hybridized carbons (Fsp3) is 0.467. The first-order valence-corrected chi connectivity index (χ1v) is 6.68. The Balaban J connectivity index is 2.53. The molecule has 1 heterocycles. The van der Waals surface area contributed by atoms with Gasteiger partial charge in [-0.3, -0.25) is 4.57 Å². The van der Waals surface area contributed by atoms with Crippen LogP contribution in [0.5, 0.6) is 0 Å². The lowest BCUT2D eigenvalue weighted by atomic mass is 9.81. The van der Waals surface area contributed by atoms with Crippen LogP contribution in [0, 0.1) is 11.3 Å². The molecule has 0 radical (unpaired) electrons. The van der Waals surface area contributed by atoms with Gasteiger partial charge in [0, 0.05) is 6.54 Å². The summed E-state index contributed by atoms with van der Waals surface area (Å²) in [5.74, 6) is -0.569. The fourth-order valence-corrected chi connectivity index (χ4v) is 2.04. The number of rotatable bonds is 4. The summed E-state index contributed by atoms with van der Waals surface area (Å²) in [6.45, 7) is 9.09. The second-order valence-corrected chi connectivity index (χ2v) is 6.20. The minimum atomic E-state index is -0.997. The van der Waals surface area contributed by atoms with E-state index in [-0.39, 0.29) is 16.7 Å². The zero-order valence-electron chi connectivity index (χ0n) is 12.2. The maximum atomic E-state index is 12.1. The van der Waals surface area contributed by atoms with Crippen molar-refractivity contribution in [2.75, 3.05) is 0 Å². The molecule has 0 aliphatic carbocycles. The monoisotopic (exact) mass is 276 g/mol. The number of aromatic nitrogens is 2. The van der Waals surface area contributed by atoms with Crippen LogP contribution in [0.25, 0.3) is 11.0 Å². The molecule has 0 aliphatic rings. The quantitative estimate of drug-likeness (QED) is 0.901. The first kappa shape index (κ1) is 14.4. The number of aromatic carboxylic acids is 1. The Kier molecular flexibility index (Phi) is 3.46. The van der Waals surface area contributed by atoms with E-state index in [4.69, 9.17) is 5.11 Å².